The average Bonchev–Trinajstić information content (AvgIpc) is 2.91. The van der Waals surface area contributed by atoms with Crippen LogP contribution in [0.3, 0.4) is 0 Å². The molecule has 1 saturated heterocycles. The zero-order valence-corrected chi connectivity index (χ0v) is 13.7. The van der Waals surface area contributed by atoms with Gasteiger partial charge in [-0.15, -0.1) is 0 Å². The molecule has 2 amide bonds. The lowest BCUT2D eigenvalue weighted by atomic mass is 10.0. The molecule has 24 heavy (non-hydrogen) atoms. The van der Waals surface area contributed by atoms with Crippen molar-refractivity contribution in [2.24, 2.45) is 0 Å². The van der Waals surface area contributed by atoms with Gasteiger partial charge < -0.3 is 4.74 Å². The lowest BCUT2D eigenvalue weighted by Crippen LogP contribution is -2.37. The fraction of sp³-hybridized carbons (Fsp3) is 0.300. The van der Waals surface area contributed by atoms with Crippen LogP contribution in [-0.4, -0.2) is 22.9 Å². The highest BCUT2D eigenvalue weighted by molar-refractivity contribution is 5.93. The quantitative estimate of drug-likeness (QED) is 0.831. The maximum atomic E-state index is 12.5. The van der Waals surface area contributed by atoms with E-state index in [1.807, 2.05) is 67.6 Å². The van der Waals surface area contributed by atoms with Gasteiger partial charge in [-0.2, -0.15) is 0 Å². The third-order valence-corrected chi connectivity index (χ3v) is 4.37. The molecule has 1 heterocycles. The number of hydrogen-bond donors (Lipinski definition) is 0. The van der Waals surface area contributed by atoms with Crippen LogP contribution in [0.5, 0.6) is 0 Å². The molecular formula is C20H21NO3. The number of carbonyl (C=O) groups excluding carboxylic acids is 2. The third-order valence-electron chi connectivity index (χ3n) is 4.37. The van der Waals surface area contributed by atoms with E-state index in [2.05, 4.69) is 0 Å². The van der Waals surface area contributed by atoms with Crippen LogP contribution < -0.4 is 0 Å². The maximum Gasteiger partial charge on any atom is 0.417 e. The van der Waals surface area contributed by atoms with E-state index in [1.165, 1.54) is 10.5 Å². The molecule has 0 aromatic heterocycles. The highest BCUT2D eigenvalue weighted by Gasteiger charge is 2.42. The van der Waals surface area contributed by atoms with Crippen LogP contribution in [0.25, 0.3) is 0 Å². The molecule has 1 aliphatic rings. The summed E-state index contributed by atoms with van der Waals surface area (Å²) in [5.41, 5.74) is 2.11. The standard InChI is InChI=1S/C20H21NO3/c1-15-19(17-12-6-3-7-13-17)24-20(23)21(15)18(22)14-8-11-16-9-4-2-5-10-16/h2-7,9-10,12-13,15,19H,8,11,14H2,1H3/t15-,19-/m1/s1. The minimum absolute atomic E-state index is 0.165. The summed E-state index contributed by atoms with van der Waals surface area (Å²) in [4.78, 5) is 25.9. The number of benzene rings is 2. The normalized spacial score (nSPS) is 20.0. The Kier molecular flexibility index (Phi) is 4.94. The first-order chi connectivity index (χ1) is 11.7. The van der Waals surface area contributed by atoms with Crippen molar-refractivity contribution < 1.29 is 14.3 Å². The molecule has 2 aromatic carbocycles. The van der Waals surface area contributed by atoms with Crippen LogP contribution in [0.2, 0.25) is 0 Å². The monoisotopic (exact) mass is 323 g/mol. The van der Waals surface area contributed by atoms with Gasteiger partial charge in [0.15, 0.2) is 0 Å². The Morgan fingerprint density at radius 3 is 2.33 bits per heavy atom. The largest absolute Gasteiger partial charge is 0.439 e. The van der Waals surface area contributed by atoms with Crippen LogP contribution >= 0.6 is 0 Å². The Morgan fingerprint density at radius 2 is 1.67 bits per heavy atom. The molecule has 1 aliphatic heterocycles. The maximum absolute atomic E-state index is 12.5. The summed E-state index contributed by atoms with van der Waals surface area (Å²) >= 11 is 0. The van der Waals surface area contributed by atoms with E-state index in [-0.39, 0.29) is 11.9 Å². The summed E-state index contributed by atoms with van der Waals surface area (Å²) in [5, 5.41) is 0. The van der Waals surface area contributed by atoms with Crippen LogP contribution in [0.1, 0.15) is 37.0 Å². The number of rotatable bonds is 5. The number of ether oxygens (including phenoxy) is 1. The number of nitrogens with zero attached hydrogens (tertiary/aromatic N) is 1. The summed E-state index contributed by atoms with van der Waals surface area (Å²) in [5.74, 6) is -0.165. The molecule has 3 rings (SSSR count). The van der Waals surface area contributed by atoms with E-state index >= 15 is 0 Å². The van der Waals surface area contributed by atoms with Gasteiger partial charge in [0.2, 0.25) is 5.91 Å². The molecule has 4 heteroatoms. The van der Waals surface area contributed by atoms with Gasteiger partial charge in [-0.25, -0.2) is 9.69 Å². The summed E-state index contributed by atoms with van der Waals surface area (Å²) in [6.07, 6.45) is 0.954. The van der Waals surface area contributed by atoms with E-state index in [1.54, 1.807) is 0 Å². The fourth-order valence-corrected chi connectivity index (χ4v) is 3.09. The number of carbonyl (C=O) groups is 2. The van der Waals surface area contributed by atoms with Crippen molar-refractivity contribution in [2.45, 2.75) is 38.3 Å². The molecule has 124 valence electrons. The first-order valence-electron chi connectivity index (χ1n) is 8.28. The molecule has 1 fully saturated rings. The molecule has 2 aromatic rings. The van der Waals surface area contributed by atoms with Crippen LogP contribution in [-0.2, 0) is 16.0 Å². The van der Waals surface area contributed by atoms with E-state index in [9.17, 15) is 9.59 Å². The molecular weight excluding hydrogens is 302 g/mol. The molecule has 0 radical (unpaired) electrons. The zero-order chi connectivity index (χ0) is 16.9. The average molecular weight is 323 g/mol. The van der Waals surface area contributed by atoms with Gasteiger partial charge >= 0.3 is 6.09 Å². The predicted octanol–water partition coefficient (Wildman–Crippen LogP) is 4.12. The number of amides is 2. The van der Waals surface area contributed by atoms with Crippen LogP contribution in [0.4, 0.5) is 4.79 Å². The lowest BCUT2D eigenvalue weighted by molar-refractivity contribution is -0.129. The number of cyclic esters (lactones) is 1. The minimum atomic E-state index is -0.541. The minimum Gasteiger partial charge on any atom is -0.439 e. The Labute approximate surface area is 142 Å². The van der Waals surface area contributed by atoms with Crippen molar-refractivity contribution in [3.63, 3.8) is 0 Å². The molecule has 0 N–H and O–H groups in total. The summed E-state index contributed by atoms with van der Waals surface area (Å²) in [6.45, 7) is 1.86. The highest BCUT2D eigenvalue weighted by Crippen LogP contribution is 2.32. The first kappa shape index (κ1) is 16.2. The van der Waals surface area contributed by atoms with E-state index in [0.717, 1.165) is 18.4 Å². The van der Waals surface area contributed by atoms with Crippen molar-refractivity contribution in [2.75, 3.05) is 0 Å². The van der Waals surface area contributed by atoms with Gasteiger partial charge in [0.05, 0.1) is 6.04 Å². The SMILES string of the molecule is C[C@@H]1[C@H](c2ccccc2)OC(=O)N1C(=O)CCCc1ccccc1. The van der Waals surface area contributed by atoms with Gasteiger partial charge in [-0.05, 0) is 30.9 Å². The number of hydrogen-bond acceptors (Lipinski definition) is 3. The molecule has 0 spiro atoms. The molecule has 2 atom stereocenters. The van der Waals surface area contributed by atoms with E-state index < -0.39 is 12.2 Å². The fourth-order valence-electron chi connectivity index (χ4n) is 3.09. The number of imide groups is 1. The molecule has 0 saturated carbocycles. The second kappa shape index (κ2) is 7.30. The van der Waals surface area contributed by atoms with Crippen molar-refractivity contribution in [3.8, 4) is 0 Å². The lowest BCUT2D eigenvalue weighted by Gasteiger charge is -2.19. The smallest absolute Gasteiger partial charge is 0.417 e. The topological polar surface area (TPSA) is 46.6 Å². The Balaban J connectivity index is 1.59. The number of aryl methyl sites for hydroxylation is 1. The van der Waals surface area contributed by atoms with Gasteiger partial charge in [0.25, 0.3) is 0 Å². The van der Waals surface area contributed by atoms with Gasteiger partial charge in [0, 0.05) is 6.42 Å². The Morgan fingerprint density at radius 1 is 1.04 bits per heavy atom. The van der Waals surface area contributed by atoms with Crippen LogP contribution in [0, 0.1) is 0 Å². The second-order valence-corrected chi connectivity index (χ2v) is 6.06. The second-order valence-electron chi connectivity index (χ2n) is 6.06. The van der Waals surface area contributed by atoms with Crippen LogP contribution in [0.15, 0.2) is 60.7 Å². The van der Waals surface area contributed by atoms with Crippen molar-refractivity contribution in [1.82, 2.24) is 4.90 Å². The highest BCUT2D eigenvalue weighted by atomic mass is 16.6. The Hall–Kier alpha value is -2.62. The summed E-state index contributed by atoms with van der Waals surface area (Å²) in [7, 11) is 0. The summed E-state index contributed by atoms with van der Waals surface area (Å²) in [6, 6.07) is 19.3. The first-order valence-corrected chi connectivity index (χ1v) is 8.28. The van der Waals surface area contributed by atoms with Gasteiger partial charge in [-0.3, -0.25) is 4.79 Å². The van der Waals surface area contributed by atoms with Crippen molar-refractivity contribution in [3.05, 3.63) is 71.8 Å². The van der Waals surface area contributed by atoms with E-state index in [4.69, 9.17) is 4.74 Å². The van der Waals surface area contributed by atoms with Crippen molar-refractivity contribution >= 4 is 12.0 Å². The molecule has 0 bridgehead atoms. The molecule has 4 nitrogen and oxygen atoms in total. The van der Waals surface area contributed by atoms with Gasteiger partial charge in [-0.1, -0.05) is 60.7 Å². The summed E-state index contributed by atoms with van der Waals surface area (Å²) < 4.78 is 5.42. The molecule has 0 aliphatic carbocycles. The third kappa shape index (κ3) is 3.48. The zero-order valence-electron chi connectivity index (χ0n) is 13.7. The molecule has 0 unspecified atom stereocenters. The Bertz CT molecular complexity index is 699. The van der Waals surface area contributed by atoms with E-state index in [0.29, 0.717) is 6.42 Å². The van der Waals surface area contributed by atoms with Crippen molar-refractivity contribution in [1.29, 1.82) is 0 Å². The predicted molar refractivity (Wildman–Crippen MR) is 91.4 cm³/mol. The van der Waals surface area contributed by atoms with Gasteiger partial charge in [0.1, 0.15) is 6.10 Å².